The number of rotatable bonds is 5. The van der Waals surface area contributed by atoms with E-state index in [1.54, 1.807) is 20.3 Å². The van der Waals surface area contributed by atoms with Crippen LogP contribution in [0.15, 0.2) is 66.7 Å². The zero-order valence-electron chi connectivity index (χ0n) is 14.6. The van der Waals surface area contributed by atoms with Gasteiger partial charge >= 0.3 is 0 Å². The number of methoxy groups -OCH3 is 2. The number of carbonyl (C=O) groups is 1. The van der Waals surface area contributed by atoms with E-state index in [1.165, 1.54) is 0 Å². The van der Waals surface area contributed by atoms with Crippen LogP contribution in [0.1, 0.15) is 21.5 Å². The van der Waals surface area contributed by atoms with Crippen molar-refractivity contribution >= 4 is 5.78 Å². The summed E-state index contributed by atoms with van der Waals surface area (Å²) < 4.78 is 10.6. The number of benzene rings is 3. The van der Waals surface area contributed by atoms with E-state index >= 15 is 0 Å². The van der Waals surface area contributed by atoms with E-state index in [0.717, 1.165) is 16.7 Å². The highest BCUT2D eigenvalue weighted by atomic mass is 16.5. The smallest absolute Gasteiger partial charge is 0.193 e. The van der Waals surface area contributed by atoms with Crippen LogP contribution in [-0.2, 0) is 0 Å². The topological polar surface area (TPSA) is 35.5 Å². The SMILES string of the molecule is COc1cc(C)c(C(=O)c2ccc(-c3ccccc3)cc2)cc1OC. The molecule has 3 aromatic carbocycles. The van der Waals surface area contributed by atoms with Crippen molar-refractivity contribution in [1.29, 1.82) is 0 Å². The summed E-state index contributed by atoms with van der Waals surface area (Å²) in [4.78, 5) is 12.9. The monoisotopic (exact) mass is 332 g/mol. The maximum Gasteiger partial charge on any atom is 0.193 e. The Bertz CT molecular complexity index is 881. The molecule has 25 heavy (non-hydrogen) atoms. The van der Waals surface area contributed by atoms with E-state index in [0.29, 0.717) is 22.6 Å². The Morgan fingerprint density at radius 2 is 1.32 bits per heavy atom. The molecule has 0 aromatic heterocycles. The molecule has 0 atom stereocenters. The molecule has 0 amide bonds. The fourth-order valence-electron chi connectivity index (χ4n) is 2.83. The zero-order valence-corrected chi connectivity index (χ0v) is 14.6. The van der Waals surface area contributed by atoms with Crippen LogP contribution in [0.2, 0.25) is 0 Å². The average Bonchev–Trinajstić information content (AvgIpc) is 2.68. The maximum absolute atomic E-state index is 12.9. The second-order valence-electron chi connectivity index (χ2n) is 5.79. The number of aryl methyl sites for hydroxylation is 1. The van der Waals surface area contributed by atoms with Crippen molar-refractivity contribution in [3.8, 4) is 22.6 Å². The van der Waals surface area contributed by atoms with Crippen molar-refractivity contribution in [1.82, 2.24) is 0 Å². The van der Waals surface area contributed by atoms with Crippen LogP contribution in [0.25, 0.3) is 11.1 Å². The lowest BCUT2D eigenvalue weighted by molar-refractivity contribution is 0.103. The normalized spacial score (nSPS) is 10.4. The van der Waals surface area contributed by atoms with Crippen LogP contribution in [0.5, 0.6) is 11.5 Å². The molecule has 0 spiro atoms. The molecule has 0 aliphatic heterocycles. The minimum atomic E-state index is -0.0296. The Morgan fingerprint density at radius 1 is 0.760 bits per heavy atom. The van der Waals surface area contributed by atoms with Crippen molar-refractivity contribution in [2.45, 2.75) is 6.92 Å². The largest absolute Gasteiger partial charge is 0.493 e. The van der Waals surface area contributed by atoms with Gasteiger partial charge in [0.25, 0.3) is 0 Å². The van der Waals surface area contributed by atoms with Gasteiger partial charge in [0.1, 0.15) is 0 Å². The highest BCUT2D eigenvalue weighted by Crippen LogP contribution is 2.31. The summed E-state index contributed by atoms with van der Waals surface area (Å²) in [6, 6.07) is 21.3. The number of hydrogen-bond acceptors (Lipinski definition) is 3. The predicted molar refractivity (Wildman–Crippen MR) is 99.6 cm³/mol. The number of carbonyl (C=O) groups excluding carboxylic acids is 1. The molecule has 3 heteroatoms. The van der Waals surface area contributed by atoms with Gasteiger partial charge in [-0.3, -0.25) is 4.79 Å². The summed E-state index contributed by atoms with van der Waals surface area (Å²) >= 11 is 0. The molecule has 0 radical (unpaired) electrons. The molecule has 0 fully saturated rings. The van der Waals surface area contributed by atoms with Gasteiger partial charge in [0.2, 0.25) is 0 Å². The molecular weight excluding hydrogens is 312 g/mol. The van der Waals surface area contributed by atoms with Gasteiger partial charge in [0.05, 0.1) is 14.2 Å². The van der Waals surface area contributed by atoms with Gasteiger partial charge in [0.15, 0.2) is 17.3 Å². The van der Waals surface area contributed by atoms with Crippen LogP contribution in [0, 0.1) is 6.92 Å². The fraction of sp³-hybridized carbons (Fsp3) is 0.136. The van der Waals surface area contributed by atoms with Crippen LogP contribution in [0.3, 0.4) is 0 Å². The summed E-state index contributed by atoms with van der Waals surface area (Å²) in [5.74, 6) is 1.14. The first-order valence-corrected chi connectivity index (χ1v) is 8.07. The maximum atomic E-state index is 12.9. The van der Waals surface area contributed by atoms with Crippen LogP contribution in [-0.4, -0.2) is 20.0 Å². The van der Waals surface area contributed by atoms with Crippen molar-refractivity contribution in [2.75, 3.05) is 14.2 Å². The Balaban J connectivity index is 1.93. The fourth-order valence-corrected chi connectivity index (χ4v) is 2.83. The quantitative estimate of drug-likeness (QED) is 0.623. The van der Waals surface area contributed by atoms with Gasteiger partial charge in [-0.2, -0.15) is 0 Å². The van der Waals surface area contributed by atoms with Gasteiger partial charge in [0, 0.05) is 11.1 Å². The van der Waals surface area contributed by atoms with Crippen molar-refractivity contribution in [3.63, 3.8) is 0 Å². The van der Waals surface area contributed by atoms with Crippen LogP contribution in [0.4, 0.5) is 0 Å². The Labute approximate surface area is 147 Å². The van der Waals surface area contributed by atoms with Gasteiger partial charge in [-0.1, -0.05) is 54.6 Å². The van der Waals surface area contributed by atoms with E-state index in [9.17, 15) is 4.79 Å². The Morgan fingerprint density at radius 3 is 1.92 bits per heavy atom. The molecule has 0 N–H and O–H groups in total. The third-order valence-corrected chi connectivity index (χ3v) is 4.23. The summed E-state index contributed by atoms with van der Waals surface area (Å²) in [7, 11) is 3.15. The van der Waals surface area contributed by atoms with E-state index in [4.69, 9.17) is 9.47 Å². The third-order valence-electron chi connectivity index (χ3n) is 4.23. The van der Waals surface area contributed by atoms with E-state index < -0.39 is 0 Å². The second-order valence-corrected chi connectivity index (χ2v) is 5.79. The number of ether oxygens (including phenoxy) is 2. The summed E-state index contributed by atoms with van der Waals surface area (Å²) in [6.45, 7) is 1.90. The molecule has 3 rings (SSSR count). The summed E-state index contributed by atoms with van der Waals surface area (Å²) in [5.41, 5.74) is 4.33. The standard InChI is InChI=1S/C22H20O3/c1-15-13-20(24-2)21(25-3)14-19(15)22(23)18-11-9-17(10-12-18)16-7-5-4-6-8-16/h4-14H,1-3H3. The van der Waals surface area contributed by atoms with Crippen molar-refractivity contribution < 1.29 is 14.3 Å². The molecule has 0 aliphatic carbocycles. The molecule has 0 aliphatic rings. The minimum Gasteiger partial charge on any atom is -0.493 e. The lowest BCUT2D eigenvalue weighted by Gasteiger charge is -2.12. The molecule has 3 aromatic rings. The molecule has 0 heterocycles. The lowest BCUT2D eigenvalue weighted by atomic mass is 9.96. The van der Waals surface area contributed by atoms with Gasteiger partial charge in [-0.05, 0) is 35.7 Å². The molecule has 0 bridgehead atoms. The van der Waals surface area contributed by atoms with Crippen molar-refractivity contribution in [3.05, 3.63) is 83.4 Å². The molecular formula is C22H20O3. The van der Waals surface area contributed by atoms with Crippen molar-refractivity contribution in [2.24, 2.45) is 0 Å². The molecule has 0 saturated heterocycles. The molecule has 3 nitrogen and oxygen atoms in total. The first-order valence-electron chi connectivity index (χ1n) is 8.07. The van der Waals surface area contributed by atoms with Crippen LogP contribution < -0.4 is 9.47 Å². The van der Waals surface area contributed by atoms with Gasteiger partial charge < -0.3 is 9.47 Å². The third kappa shape index (κ3) is 3.41. The highest BCUT2D eigenvalue weighted by molar-refractivity contribution is 6.10. The molecule has 126 valence electrons. The van der Waals surface area contributed by atoms with Gasteiger partial charge in [-0.15, -0.1) is 0 Å². The zero-order chi connectivity index (χ0) is 17.8. The summed E-state index contributed by atoms with van der Waals surface area (Å²) in [5, 5.41) is 0. The number of ketones is 1. The first kappa shape index (κ1) is 16.8. The minimum absolute atomic E-state index is 0.0296. The van der Waals surface area contributed by atoms with E-state index in [1.807, 2.05) is 55.5 Å². The number of hydrogen-bond donors (Lipinski definition) is 0. The van der Waals surface area contributed by atoms with Crippen LogP contribution >= 0.6 is 0 Å². The molecule has 0 saturated carbocycles. The van der Waals surface area contributed by atoms with Gasteiger partial charge in [-0.25, -0.2) is 0 Å². The van der Waals surface area contributed by atoms with E-state index in [2.05, 4.69) is 12.1 Å². The predicted octanol–water partition coefficient (Wildman–Crippen LogP) is 4.91. The highest BCUT2D eigenvalue weighted by Gasteiger charge is 2.16. The summed E-state index contributed by atoms with van der Waals surface area (Å²) in [6.07, 6.45) is 0. The average molecular weight is 332 g/mol. The van der Waals surface area contributed by atoms with E-state index in [-0.39, 0.29) is 5.78 Å². The Hall–Kier alpha value is -3.07. The second kappa shape index (κ2) is 7.22. The first-order chi connectivity index (χ1) is 12.1. The molecule has 0 unspecified atom stereocenters. The Kier molecular flexibility index (Phi) is 4.85. The lowest BCUT2D eigenvalue weighted by Crippen LogP contribution is -2.05.